The van der Waals surface area contributed by atoms with Gasteiger partial charge in [0, 0.05) is 11.8 Å². The molecule has 0 aliphatic carbocycles. The molecule has 0 spiro atoms. The number of nitro benzene ring substituents is 1. The Morgan fingerprint density at radius 1 is 1.04 bits per heavy atom. The number of benzene rings is 2. The van der Waals surface area contributed by atoms with Crippen LogP contribution in [0.15, 0.2) is 53.6 Å². The van der Waals surface area contributed by atoms with Gasteiger partial charge in [-0.1, -0.05) is 29.8 Å². The normalized spacial score (nSPS) is 10.9. The fourth-order valence-corrected chi connectivity index (χ4v) is 2.01. The minimum absolute atomic E-state index is 0.137. The molecule has 0 aliphatic rings. The van der Waals surface area contributed by atoms with Crippen LogP contribution in [0, 0.1) is 17.0 Å². The largest absolute Gasteiger partial charge is 0.329 e. The molecule has 0 saturated carbocycles. The van der Waals surface area contributed by atoms with E-state index in [2.05, 4.69) is 15.8 Å². The van der Waals surface area contributed by atoms with Gasteiger partial charge in [-0.15, -0.1) is 0 Å². The minimum atomic E-state index is -0.974. The SMILES string of the molecule is C/C(=N/NC(=O)C(=O)Nc1ccc(C)cc1)c1ccccc1[N+](=O)[O-]. The van der Waals surface area contributed by atoms with Gasteiger partial charge in [0.15, 0.2) is 0 Å². The van der Waals surface area contributed by atoms with Crippen LogP contribution in [0.4, 0.5) is 11.4 Å². The summed E-state index contributed by atoms with van der Waals surface area (Å²) in [6, 6.07) is 12.9. The van der Waals surface area contributed by atoms with E-state index in [1.54, 1.807) is 30.3 Å². The Morgan fingerprint density at radius 3 is 2.32 bits per heavy atom. The molecule has 0 bridgehead atoms. The van der Waals surface area contributed by atoms with Crippen LogP contribution in [0.1, 0.15) is 18.1 Å². The van der Waals surface area contributed by atoms with E-state index in [-0.39, 0.29) is 17.0 Å². The number of nitro groups is 1. The van der Waals surface area contributed by atoms with E-state index in [1.807, 2.05) is 6.92 Å². The highest BCUT2D eigenvalue weighted by atomic mass is 16.6. The molecule has 0 aliphatic heterocycles. The second kappa shape index (κ2) is 7.82. The number of carbonyl (C=O) groups is 2. The summed E-state index contributed by atoms with van der Waals surface area (Å²) in [5.41, 5.74) is 3.92. The molecule has 8 nitrogen and oxygen atoms in total. The number of anilines is 1. The Bertz CT molecular complexity index is 844. The van der Waals surface area contributed by atoms with E-state index in [1.165, 1.54) is 25.1 Å². The zero-order chi connectivity index (χ0) is 18.4. The predicted molar refractivity (Wildman–Crippen MR) is 93.3 cm³/mol. The maximum atomic E-state index is 11.8. The van der Waals surface area contributed by atoms with Crippen molar-refractivity contribution in [3.8, 4) is 0 Å². The molecule has 128 valence electrons. The second-order valence-electron chi connectivity index (χ2n) is 5.23. The first kappa shape index (κ1) is 17.8. The number of hydrogen-bond donors (Lipinski definition) is 2. The van der Waals surface area contributed by atoms with Crippen LogP contribution in [0.3, 0.4) is 0 Å². The zero-order valence-corrected chi connectivity index (χ0v) is 13.6. The molecular formula is C17H16N4O4. The van der Waals surface area contributed by atoms with E-state index < -0.39 is 16.7 Å². The van der Waals surface area contributed by atoms with Gasteiger partial charge in [-0.3, -0.25) is 19.7 Å². The Balaban J connectivity index is 2.05. The predicted octanol–water partition coefficient (Wildman–Crippen LogP) is 2.38. The number of aryl methyl sites for hydroxylation is 1. The number of para-hydroxylation sites is 1. The molecule has 2 aromatic rings. The molecule has 0 unspecified atom stereocenters. The lowest BCUT2D eigenvalue weighted by atomic mass is 10.1. The molecule has 0 saturated heterocycles. The molecule has 0 atom stereocenters. The number of amides is 2. The summed E-state index contributed by atoms with van der Waals surface area (Å²) < 4.78 is 0. The van der Waals surface area contributed by atoms with E-state index in [0.717, 1.165) is 5.56 Å². The highest BCUT2D eigenvalue weighted by molar-refractivity contribution is 6.39. The third kappa shape index (κ3) is 4.71. The van der Waals surface area contributed by atoms with Gasteiger partial charge in [0.1, 0.15) is 0 Å². The van der Waals surface area contributed by atoms with Crippen LogP contribution in [0.2, 0.25) is 0 Å². The van der Waals surface area contributed by atoms with Crippen LogP contribution in [-0.2, 0) is 9.59 Å². The monoisotopic (exact) mass is 340 g/mol. The second-order valence-corrected chi connectivity index (χ2v) is 5.23. The first-order valence-electron chi connectivity index (χ1n) is 7.34. The van der Waals surface area contributed by atoms with Crippen molar-refractivity contribution in [1.82, 2.24) is 5.43 Å². The molecular weight excluding hydrogens is 324 g/mol. The fraction of sp³-hybridized carbons (Fsp3) is 0.118. The molecule has 0 fully saturated rings. The maximum Gasteiger partial charge on any atom is 0.329 e. The first-order chi connectivity index (χ1) is 11.9. The van der Waals surface area contributed by atoms with E-state index in [0.29, 0.717) is 5.69 Å². The molecule has 0 aromatic heterocycles. The molecule has 25 heavy (non-hydrogen) atoms. The third-order valence-electron chi connectivity index (χ3n) is 3.33. The Morgan fingerprint density at radius 2 is 1.68 bits per heavy atom. The van der Waals surface area contributed by atoms with Crippen LogP contribution in [0.25, 0.3) is 0 Å². The van der Waals surface area contributed by atoms with Gasteiger partial charge in [0.05, 0.1) is 16.2 Å². The average molecular weight is 340 g/mol. The number of nitrogens with one attached hydrogen (secondary N) is 2. The quantitative estimate of drug-likeness (QED) is 0.385. The van der Waals surface area contributed by atoms with Gasteiger partial charge in [-0.05, 0) is 32.0 Å². The summed E-state index contributed by atoms with van der Waals surface area (Å²) >= 11 is 0. The van der Waals surface area contributed by atoms with Crippen molar-refractivity contribution in [3.63, 3.8) is 0 Å². The lowest BCUT2D eigenvalue weighted by Crippen LogP contribution is -2.33. The standard InChI is InChI=1S/C17H16N4O4/c1-11-7-9-13(10-8-11)18-16(22)17(23)20-19-12(2)14-5-3-4-6-15(14)21(24)25/h3-10H,1-2H3,(H,18,22)(H,20,23)/b19-12-. The van der Waals surface area contributed by atoms with Crippen LogP contribution >= 0.6 is 0 Å². The Labute approximate surface area is 143 Å². The molecule has 2 amide bonds. The van der Waals surface area contributed by atoms with Crippen LogP contribution in [0.5, 0.6) is 0 Å². The van der Waals surface area contributed by atoms with Crippen molar-refractivity contribution < 1.29 is 14.5 Å². The molecule has 8 heteroatoms. The van der Waals surface area contributed by atoms with Crippen molar-refractivity contribution in [1.29, 1.82) is 0 Å². The van der Waals surface area contributed by atoms with Crippen molar-refractivity contribution in [2.45, 2.75) is 13.8 Å². The minimum Gasteiger partial charge on any atom is -0.318 e. The Kier molecular flexibility index (Phi) is 5.57. The van der Waals surface area contributed by atoms with Crippen molar-refractivity contribution in [3.05, 3.63) is 69.8 Å². The summed E-state index contributed by atoms with van der Waals surface area (Å²) in [6.45, 7) is 3.40. The fourth-order valence-electron chi connectivity index (χ4n) is 2.01. The summed E-state index contributed by atoms with van der Waals surface area (Å²) in [6.07, 6.45) is 0. The van der Waals surface area contributed by atoms with E-state index in [4.69, 9.17) is 0 Å². The molecule has 2 N–H and O–H groups in total. The van der Waals surface area contributed by atoms with Crippen LogP contribution in [-0.4, -0.2) is 22.4 Å². The van der Waals surface area contributed by atoms with Crippen molar-refractivity contribution in [2.24, 2.45) is 5.10 Å². The highest BCUT2D eigenvalue weighted by Gasteiger charge is 2.16. The smallest absolute Gasteiger partial charge is 0.318 e. The number of hydrazone groups is 1. The molecule has 0 heterocycles. The van der Waals surface area contributed by atoms with Gasteiger partial charge in [0.25, 0.3) is 5.69 Å². The number of carbonyl (C=O) groups excluding carboxylic acids is 2. The van der Waals surface area contributed by atoms with Crippen molar-refractivity contribution in [2.75, 3.05) is 5.32 Å². The highest BCUT2D eigenvalue weighted by Crippen LogP contribution is 2.18. The van der Waals surface area contributed by atoms with Crippen LogP contribution < -0.4 is 10.7 Å². The zero-order valence-electron chi connectivity index (χ0n) is 13.6. The molecule has 0 radical (unpaired) electrons. The number of nitrogens with zero attached hydrogens (tertiary/aromatic N) is 2. The van der Waals surface area contributed by atoms with Gasteiger partial charge < -0.3 is 5.32 Å². The maximum absolute atomic E-state index is 11.8. The molecule has 2 rings (SSSR count). The topological polar surface area (TPSA) is 114 Å². The average Bonchev–Trinajstić information content (AvgIpc) is 2.61. The lowest BCUT2D eigenvalue weighted by Gasteiger charge is -2.05. The summed E-state index contributed by atoms with van der Waals surface area (Å²) in [4.78, 5) is 34.1. The third-order valence-corrected chi connectivity index (χ3v) is 3.33. The molecule has 2 aromatic carbocycles. The number of hydrogen-bond acceptors (Lipinski definition) is 5. The Hall–Kier alpha value is -3.55. The van der Waals surface area contributed by atoms with Gasteiger partial charge >= 0.3 is 11.8 Å². The van der Waals surface area contributed by atoms with E-state index in [9.17, 15) is 19.7 Å². The van der Waals surface area contributed by atoms with Gasteiger partial charge in [-0.25, -0.2) is 5.43 Å². The van der Waals surface area contributed by atoms with Gasteiger partial charge in [0.2, 0.25) is 0 Å². The van der Waals surface area contributed by atoms with E-state index >= 15 is 0 Å². The first-order valence-corrected chi connectivity index (χ1v) is 7.34. The summed E-state index contributed by atoms with van der Waals surface area (Å²) in [5.74, 6) is -1.86. The summed E-state index contributed by atoms with van der Waals surface area (Å²) in [5, 5.41) is 17.2. The lowest BCUT2D eigenvalue weighted by molar-refractivity contribution is -0.385. The summed E-state index contributed by atoms with van der Waals surface area (Å²) in [7, 11) is 0. The van der Waals surface area contributed by atoms with Gasteiger partial charge in [-0.2, -0.15) is 5.10 Å². The van der Waals surface area contributed by atoms with Crippen molar-refractivity contribution >= 4 is 28.9 Å². The number of rotatable bonds is 4.